The second-order valence-electron chi connectivity index (χ2n) is 4.95. The molecule has 1 amide bonds. The lowest BCUT2D eigenvalue weighted by Crippen LogP contribution is -2.15. The number of rotatable bonds is 3. The zero-order valence-corrected chi connectivity index (χ0v) is 13.7. The molecule has 0 atom stereocenters. The predicted molar refractivity (Wildman–Crippen MR) is 87.6 cm³/mol. The summed E-state index contributed by atoms with van der Waals surface area (Å²) >= 11 is 3.08. The first kappa shape index (κ1) is 15.5. The maximum absolute atomic E-state index is 13.9. The van der Waals surface area contributed by atoms with E-state index in [1.54, 1.807) is 12.1 Å². The number of amides is 1. The fourth-order valence-corrected chi connectivity index (χ4v) is 2.30. The lowest BCUT2D eigenvalue weighted by Gasteiger charge is -2.15. The standard InChI is InChI=1S/C16H16BrFN2O/c1-10-9-11(20(2)3)7-8-14(10)19-16(21)12-5-4-6-13(17)15(12)18/h4-9H,1-3H3,(H,19,21). The van der Waals surface area contributed by atoms with Crippen LogP contribution in [0.1, 0.15) is 15.9 Å². The third-order valence-electron chi connectivity index (χ3n) is 3.17. The smallest absolute Gasteiger partial charge is 0.258 e. The average Bonchev–Trinajstić information content (AvgIpc) is 2.43. The number of carbonyl (C=O) groups excluding carboxylic acids is 1. The van der Waals surface area contributed by atoms with Crippen molar-refractivity contribution in [1.82, 2.24) is 0 Å². The van der Waals surface area contributed by atoms with E-state index in [0.29, 0.717) is 5.69 Å². The van der Waals surface area contributed by atoms with E-state index in [-0.39, 0.29) is 10.0 Å². The summed E-state index contributed by atoms with van der Waals surface area (Å²) in [6.07, 6.45) is 0. The van der Waals surface area contributed by atoms with E-state index in [0.717, 1.165) is 11.3 Å². The maximum atomic E-state index is 13.9. The second-order valence-corrected chi connectivity index (χ2v) is 5.80. The molecule has 0 unspecified atom stereocenters. The molecule has 0 aliphatic heterocycles. The predicted octanol–water partition coefficient (Wildman–Crippen LogP) is 4.21. The van der Waals surface area contributed by atoms with Gasteiger partial charge in [-0.2, -0.15) is 0 Å². The van der Waals surface area contributed by atoms with Crippen LogP contribution >= 0.6 is 15.9 Å². The highest BCUT2D eigenvalue weighted by molar-refractivity contribution is 9.10. The first-order valence-electron chi connectivity index (χ1n) is 6.43. The van der Waals surface area contributed by atoms with Crippen LogP contribution in [0.2, 0.25) is 0 Å². The summed E-state index contributed by atoms with van der Waals surface area (Å²) in [5, 5.41) is 2.74. The highest BCUT2D eigenvalue weighted by Gasteiger charge is 2.14. The zero-order valence-electron chi connectivity index (χ0n) is 12.1. The SMILES string of the molecule is Cc1cc(N(C)C)ccc1NC(=O)c1cccc(Br)c1F. The maximum Gasteiger partial charge on any atom is 0.258 e. The molecule has 0 bridgehead atoms. The van der Waals surface area contributed by atoms with Crippen LogP contribution < -0.4 is 10.2 Å². The van der Waals surface area contributed by atoms with Gasteiger partial charge in [0.05, 0.1) is 10.0 Å². The summed E-state index contributed by atoms with van der Waals surface area (Å²) in [6.45, 7) is 1.90. The molecule has 5 heteroatoms. The Kier molecular flexibility index (Phi) is 4.63. The van der Waals surface area contributed by atoms with Crippen molar-refractivity contribution in [3.63, 3.8) is 0 Å². The summed E-state index contributed by atoms with van der Waals surface area (Å²) in [5.74, 6) is -1.02. The van der Waals surface area contributed by atoms with Crippen LogP contribution in [0.4, 0.5) is 15.8 Å². The summed E-state index contributed by atoms with van der Waals surface area (Å²) in [5.41, 5.74) is 2.65. The molecule has 0 saturated carbocycles. The molecule has 0 fully saturated rings. The highest BCUT2D eigenvalue weighted by Crippen LogP contribution is 2.23. The Morgan fingerprint density at radius 1 is 1.24 bits per heavy atom. The number of carbonyl (C=O) groups is 1. The molecule has 110 valence electrons. The van der Waals surface area contributed by atoms with Crippen molar-refractivity contribution in [3.05, 3.63) is 57.8 Å². The Morgan fingerprint density at radius 2 is 1.95 bits per heavy atom. The number of nitrogens with one attached hydrogen (secondary N) is 1. The molecule has 0 spiro atoms. The minimum atomic E-state index is -0.558. The highest BCUT2D eigenvalue weighted by atomic mass is 79.9. The number of halogens is 2. The van der Waals surface area contributed by atoms with Crippen LogP contribution in [-0.2, 0) is 0 Å². The minimum Gasteiger partial charge on any atom is -0.378 e. The number of hydrogen-bond acceptors (Lipinski definition) is 2. The van der Waals surface area contributed by atoms with Gasteiger partial charge in [0.25, 0.3) is 5.91 Å². The van der Waals surface area contributed by atoms with Gasteiger partial charge in [-0.05, 0) is 58.7 Å². The van der Waals surface area contributed by atoms with Gasteiger partial charge in [-0.3, -0.25) is 4.79 Å². The fraction of sp³-hybridized carbons (Fsp3) is 0.188. The van der Waals surface area contributed by atoms with E-state index in [1.807, 2.05) is 44.1 Å². The third kappa shape index (κ3) is 3.42. The molecule has 2 rings (SSSR count). The van der Waals surface area contributed by atoms with Gasteiger partial charge in [-0.1, -0.05) is 6.07 Å². The molecule has 3 nitrogen and oxygen atoms in total. The summed E-state index contributed by atoms with van der Waals surface area (Å²) in [7, 11) is 3.90. The monoisotopic (exact) mass is 350 g/mol. The van der Waals surface area contributed by atoms with Crippen LogP contribution in [-0.4, -0.2) is 20.0 Å². The summed E-state index contributed by atoms with van der Waals surface area (Å²) in [6, 6.07) is 10.3. The Morgan fingerprint density at radius 3 is 2.57 bits per heavy atom. The average molecular weight is 351 g/mol. The molecule has 2 aromatic rings. The van der Waals surface area contributed by atoms with Crippen LogP contribution in [0.3, 0.4) is 0 Å². The van der Waals surface area contributed by atoms with Gasteiger partial charge in [-0.25, -0.2) is 4.39 Å². The molecule has 1 N–H and O–H groups in total. The minimum absolute atomic E-state index is 0.0143. The number of benzene rings is 2. The molecular formula is C16H16BrFN2O. The Balaban J connectivity index is 2.26. The number of aryl methyl sites for hydroxylation is 1. The van der Waals surface area contributed by atoms with Gasteiger partial charge < -0.3 is 10.2 Å². The number of anilines is 2. The van der Waals surface area contributed by atoms with Crippen LogP contribution in [0.15, 0.2) is 40.9 Å². The molecule has 0 radical (unpaired) electrons. The van der Waals surface area contributed by atoms with E-state index < -0.39 is 11.7 Å². The van der Waals surface area contributed by atoms with Crippen molar-refractivity contribution in [2.24, 2.45) is 0 Å². The fourth-order valence-electron chi connectivity index (χ4n) is 1.94. The molecule has 2 aromatic carbocycles. The van der Waals surface area contributed by atoms with Crippen molar-refractivity contribution in [3.8, 4) is 0 Å². The third-order valence-corrected chi connectivity index (χ3v) is 3.78. The van der Waals surface area contributed by atoms with Crippen molar-refractivity contribution in [1.29, 1.82) is 0 Å². The van der Waals surface area contributed by atoms with E-state index in [2.05, 4.69) is 21.2 Å². The van der Waals surface area contributed by atoms with Gasteiger partial charge >= 0.3 is 0 Å². The summed E-state index contributed by atoms with van der Waals surface area (Å²) < 4.78 is 14.2. The van der Waals surface area contributed by atoms with Crippen LogP contribution in [0.25, 0.3) is 0 Å². The van der Waals surface area contributed by atoms with Crippen molar-refractivity contribution in [2.75, 3.05) is 24.3 Å². The zero-order chi connectivity index (χ0) is 15.6. The Labute approximate surface area is 131 Å². The van der Waals surface area contributed by atoms with Gasteiger partial charge in [0.1, 0.15) is 5.82 Å². The van der Waals surface area contributed by atoms with Gasteiger partial charge in [-0.15, -0.1) is 0 Å². The van der Waals surface area contributed by atoms with Crippen molar-refractivity contribution in [2.45, 2.75) is 6.92 Å². The number of nitrogens with zero attached hydrogens (tertiary/aromatic N) is 1. The lowest BCUT2D eigenvalue weighted by atomic mass is 10.1. The molecule has 0 heterocycles. The van der Waals surface area contributed by atoms with Crippen molar-refractivity contribution >= 4 is 33.2 Å². The van der Waals surface area contributed by atoms with Gasteiger partial charge in [0, 0.05) is 25.5 Å². The number of hydrogen-bond donors (Lipinski definition) is 1. The van der Waals surface area contributed by atoms with E-state index in [9.17, 15) is 9.18 Å². The normalized spacial score (nSPS) is 10.3. The molecule has 0 saturated heterocycles. The topological polar surface area (TPSA) is 32.3 Å². The first-order chi connectivity index (χ1) is 9.90. The van der Waals surface area contributed by atoms with Gasteiger partial charge in [0.15, 0.2) is 0 Å². The van der Waals surface area contributed by atoms with E-state index in [4.69, 9.17) is 0 Å². The molecule has 21 heavy (non-hydrogen) atoms. The lowest BCUT2D eigenvalue weighted by molar-refractivity contribution is 0.102. The summed E-state index contributed by atoms with van der Waals surface area (Å²) in [4.78, 5) is 14.2. The molecular weight excluding hydrogens is 335 g/mol. The van der Waals surface area contributed by atoms with E-state index >= 15 is 0 Å². The van der Waals surface area contributed by atoms with Crippen LogP contribution in [0.5, 0.6) is 0 Å². The van der Waals surface area contributed by atoms with Gasteiger partial charge in [0.2, 0.25) is 0 Å². The Hall–Kier alpha value is -1.88. The molecule has 0 aliphatic rings. The molecule has 0 aliphatic carbocycles. The quantitative estimate of drug-likeness (QED) is 0.898. The van der Waals surface area contributed by atoms with Crippen molar-refractivity contribution < 1.29 is 9.18 Å². The van der Waals surface area contributed by atoms with E-state index in [1.165, 1.54) is 6.07 Å². The van der Waals surface area contributed by atoms with Crippen LogP contribution in [0, 0.1) is 12.7 Å². The largest absolute Gasteiger partial charge is 0.378 e. The molecule has 0 aromatic heterocycles. The Bertz CT molecular complexity index is 686. The second kappa shape index (κ2) is 6.26. The first-order valence-corrected chi connectivity index (χ1v) is 7.23.